The van der Waals surface area contributed by atoms with Gasteiger partial charge in [0, 0.05) is 47.7 Å². The fourth-order valence-electron chi connectivity index (χ4n) is 4.32. The number of aromatic nitrogens is 2. The SMILES string of the molecule is CNC1CCN(c2ccc(N3Cc4cn(-c5ccc(Cl)cc5)nc4C3=O)cc2OC)C1. The minimum atomic E-state index is -0.103. The average molecular weight is 438 g/mol. The molecule has 3 heterocycles. The molecule has 0 aliphatic carbocycles. The number of rotatable bonds is 5. The van der Waals surface area contributed by atoms with Crippen molar-refractivity contribution in [3.63, 3.8) is 0 Å². The van der Waals surface area contributed by atoms with Crippen molar-refractivity contribution in [2.24, 2.45) is 0 Å². The number of amides is 1. The van der Waals surface area contributed by atoms with Gasteiger partial charge >= 0.3 is 0 Å². The summed E-state index contributed by atoms with van der Waals surface area (Å²) >= 11 is 5.97. The highest BCUT2D eigenvalue weighted by molar-refractivity contribution is 6.30. The van der Waals surface area contributed by atoms with E-state index in [0.29, 0.717) is 23.3 Å². The molecule has 1 unspecified atom stereocenters. The molecule has 1 atom stereocenters. The molecule has 1 saturated heterocycles. The van der Waals surface area contributed by atoms with E-state index in [1.165, 1.54) is 0 Å². The Bertz CT molecular complexity index is 1130. The Morgan fingerprint density at radius 3 is 2.61 bits per heavy atom. The third-order valence-corrected chi connectivity index (χ3v) is 6.32. The van der Waals surface area contributed by atoms with E-state index in [1.54, 1.807) is 16.7 Å². The third-order valence-electron chi connectivity index (χ3n) is 6.07. The van der Waals surface area contributed by atoms with Crippen LogP contribution in [0.2, 0.25) is 5.02 Å². The van der Waals surface area contributed by atoms with Crippen molar-refractivity contribution in [2.75, 3.05) is 37.0 Å². The molecule has 160 valence electrons. The van der Waals surface area contributed by atoms with E-state index < -0.39 is 0 Å². The van der Waals surface area contributed by atoms with Gasteiger partial charge in [-0.1, -0.05) is 11.6 Å². The first-order chi connectivity index (χ1) is 15.1. The van der Waals surface area contributed by atoms with Gasteiger partial charge < -0.3 is 19.9 Å². The zero-order valence-electron chi connectivity index (χ0n) is 17.5. The Morgan fingerprint density at radius 1 is 1.16 bits per heavy atom. The molecular formula is C23H24ClN5O2. The molecule has 2 aliphatic rings. The van der Waals surface area contributed by atoms with Crippen LogP contribution in [-0.2, 0) is 6.54 Å². The normalized spacial score (nSPS) is 18.0. The summed E-state index contributed by atoms with van der Waals surface area (Å²) in [6.07, 6.45) is 3.01. The smallest absolute Gasteiger partial charge is 0.279 e. The maximum absolute atomic E-state index is 13.1. The maximum atomic E-state index is 13.1. The number of hydrogen-bond acceptors (Lipinski definition) is 5. The molecule has 8 heteroatoms. The molecule has 0 saturated carbocycles. The number of methoxy groups -OCH3 is 1. The second kappa shape index (κ2) is 7.90. The minimum Gasteiger partial charge on any atom is -0.495 e. The predicted molar refractivity (Wildman–Crippen MR) is 122 cm³/mol. The van der Waals surface area contributed by atoms with Gasteiger partial charge in [0.15, 0.2) is 5.69 Å². The number of hydrogen-bond donors (Lipinski definition) is 1. The first kappa shape index (κ1) is 19.9. The van der Waals surface area contributed by atoms with Gasteiger partial charge in [-0.15, -0.1) is 0 Å². The van der Waals surface area contributed by atoms with Crippen LogP contribution in [0.5, 0.6) is 5.75 Å². The van der Waals surface area contributed by atoms with E-state index in [2.05, 4.69) is 15.3 Å². The van der Waals surface area contributed by atoms with Gasteiger partial charge in [-0.2, -0.15) is 5.10 Å². The molecular weight excluding hydrogens is 414 g/mol. The largest absolute Gasteiger partial charge is 0.495 e. The summed E-state index contributed by atoms with van der Waals surface area (Å²) in [7, 11) is 3.67. The number of benzene rings is 2. The first-order valence-corrected chi connectivity index (χ1v) is 10.7. The average Bonchev–Trinajstić information content (AvgIpc) is 3.50. The molecule has 1 fully saturated rings. The topological polar surface area (TPSA) is 62.6 Å². The molecule has 2 aromatic carbocycles. The Kier molecular flexibility index (Phi) is 5.08. The van der Waals surface area contributed by atoms with Crippen LogP contribution in [0.25, 0.3) is 5.69 Å². The zero-order valence-corrected chi connectivity index (χ0v) is 18.3. The van der Waals surface area contributed by atoms with Crippen LogP contribution in [0.3, 0.4) is 0 Å². The van der Waals surface area contributed by atoms with Crippen molar-refractivity contribution in [3.05, 3.63) is 64.9 Å². The van der Waals surface area contributed by atoms with E-state index in [1.807, 2.05) is 55.7 Å². The Balaban J connectivity index is 1.38. The van der Waals surface area contributed by atoms with Crippen molar-refractivity contribution in [1.82, 2.24) is 15.1 Å². The first-order valence-electron chi connectivity index (χ1n) is 10.3. The van der Waals surface area contributed by atoms with Crippen molar-refractivity contribution in [1.29, 1.82) is 0 Å². The summed E-state index contributed by atoms with van der Waals surface area (Å²) in [6.45, 7) is 2.41. The second-order valence-electron chi connectivity index (χ2n) is 7.89. The van der Waals surface area contributed by atoms with Crippen LogP contribution in [0.4, 0.5) is 11.4 Å². The highest BCUT2D eigenvalue weighted by atomic mass is 35.5. The van der Waals surface area contributed by atoms with Gasteiger partial charge in [0.05, 0.1) is 25.0 Å². The Hall–Kier alpha value is -3.03. The molecule has 0 radical (unpaired) electrons. The van der Waals surface area contributed by atoms with E-state index in [0.717, 1.165) is 47.9 Å². The van der Waals surface area contributed by atoms with Crippen LogP contribution in [0, 0.1) is 0 Å². The lowest BCUT2D eigenvalue weighted by molar-refractivity contribution is 0.0991. The van der Waals surface area contributed by atoms with Gasteiger partial charge in [0.25, 0.3) is 5.91 Å². The number of anilines is 2. The fourth-order valence-corrected chi connectivity index (χ4v) is 4.45. The molecule has 7 nitrogen and oxygen atoms in total. The molecule has 3 aromatic rings. The van der Waals surface area contributed by atoms with Crippen LogP contribution in [-0.4, -0.2) is 49.0 Å². The van der Waals surface area contributed by atoms with Crippen LogP contribution in [0.15, 0.2) is 48.7 Å². The fraction of sp³-hybridized carbons (Fsp3) is 0.304. The van der Waals surface area contributed by atoms with Crippen LogP contribution in [0.1, 0.15) is 22.5 Å². The number of likely N-dealkylation sites (N-methyl/N-ethyl adjacent to an activating group) is 1. The number of nitrogens with one attached hydrogen (secondary N) is 1. The summed E-state index contributed by atoms with van der Waals surface area (Å²) < 4.78 is 7.40. The quantitative estimate of drug-likeness (QED) is 0.662. The number of ether oxygens (including phenoxy) is 1. The van der Waals surface area contributed by atoms with Crippen molar-refractivity contribution in [3.8, 4) is 11.4 Å². The van der Waals surface area contributed by atoms with Crippen LogP contribution >= 0.6 is 11.6 Å². The van der Waals surface area contributed by atoms with Crippen molar-refractivity contribution >= 4 is 28.9 Å². The molecule has 0 spiro atoms. The van der Waals surface area contributed by atoms with E-state index in [-0.39, 0.29) is 5.91 Å². The summed E-state index contributed by atoms with van der Waals surface area (Å²) in [5.41, 5.74) is 4.12. The lowest BCUT2D eigenvalue weighted by Crippen LogP contribution is -2.29. The van der Waals surface area contributed by atoms with Gasteiger partial charge in [0.2, 0.25) is 0 Å². The lowest BCUT2D eigenvalue weighted by atomic mass is 10.2. The standard InChI is InChI=1S/C23H24ClN5O2/c1-25-17-9-10-27(14-17)20-8-7-19(11-21(20)31-2)28-12-15-13-29(26-22(15)23(28)30)18-5-3-16(24)4-6-18/h3-8,11,13,17,25H,9-10,12,14H2,1-2H3. The summed E-state index contributed by atoms with van der Waals surface area (Å²) in [5, 5.41) is 8.53. The molecule has 2 aliphatic heterocycles. The second-order valence-corrected chi connectivity index (χ2v) is 8.33. The lowest BCUT2D eigenvalue weighted by Gasteiger charge is -2.24. The molecule has 1 amide bonds. The van der Waals surface area contributed by atoms with Crippen LogP contribution < -0.4 is 19.9 Å². The zero-order chi connectivity index (χ0) is 21.5. The Labute approximate surface area is 186 Å². The van der Waals surface area contributed by atoms with E-state index in [9.17, 15) is 4.79 Å². The molecule has 1 N–H and O–H groups in total. The molecule has 0 bridgehead atoms. The van der Waals surface area contributed by atoms with Gasteiger partial charge in [0.1, 0.15) is 5.75 Å². The Morgan fingerprint density at radius 2 is 1.94 bits per heavy atom. The summed E-state index contributed by atoms with van der Waals surface area (Å²) in [6, 6.07) is 13.8. The molecule has 5 rings (SSSR count). The number of carbonyl (C=O) groups excluding carboxylic acids is 1. The number of nitrogens with zero attached hydrogens (tertiary/aromatic N) is 4. The minimum absolute atomic E-state index is 0.103. The predicted octanol–water partition coefficient (Wildman–Crippen LogP) is 3.49. The van der Waals surface area contributed by atoms with Gasteiger partial charge in [-0.05, 0) is 49.9 Å². The molecule has 1 aromatic heterocycles. The number of fused-ring (bicyclic) bond motifs is 1. The number of carbonyl (C=O) groups is 1. The highest BCUT2D eigenvalue weighted by Crippen LogP contribution is 2.37. The van der Waals surface area contributed by atoms with Gasteiger partial charge in [-0.3, -0.25) is 4.79 Å². The maximum Gasteiger partial charge on any atom is 0.279 e. The van der Waals surface area contributed by atoms with Gasteiger partial charge in [-0.25, -0.2) is 4.68 Å². The number of halogens is 1. The summed E-state index contributed by atoms with van der Waals surface area (Å²) in [5.74, 6) is 0.673. The summed E-state index contributed by atoms with van der Waals surface area (Å²) in [4.78, 5) is 17.2. The van der Waals surface area contributed by atoms with Crippen molar-refractivity contribution in [2.45, 2.75) is 19.0 Å². The highest BCUT2D eigenvalue weighted by Gasteiger charge is 2.33. The monoisotopic (exact) mass is 437 g/mol. The third kappa shape index (κ3) is 3.54. The van der Waals surface area contributed by atoms with E-state index in [4.69, 9.17) is 16.3 Å². The molecule has 31 heavy (non-hydrogen) atoms. The van der Waals surface area contributed by atoms with E-state index >= 15 is 0 Å². The van der Waals surface area contributed by atoms with Crippen molar-refractivity contribution < 1.29 is 9.53 Å².